The second-order valence-corrected chi connectivity index (χ2v) is 20.1. The molecule has 1 fully saturated rings. The molecule has 0 saturated carbocycles. The van der Waals surface area contributed by atoms with Crippen molar-refractivity contribution in [2.45, 2.75) is 38.9 Å². The zero-order valence-corrected chi connectivity index (χ0v) is 49.8. The Bertz CT molecular complexity index is 4160. The summed E-state index contributed by atoms with van der Waals surface area (Å²) in [6.07, 6.45) is 26.2. The second kappa shape index (κ2) is 26.3. The van der Waals surface area contributed by atoms with Gasteiger partial charge in [-0.25, -0.2) is 19.9 Å². The first kappa shape index (κ1) is 60.1. The van der Waals surface area contributed by atoms with Gasteiger partial charge in [-0.05, 0) is 178 Å². The van der Waals surface area contributed by atoms with Gasteiger partial charge < -0.3 is 34.2 Å². The number of halogens is 3. The average molecular weight is 1230 g/mol. The minimum absolute atomic E-state index is 0. The minimum atomic E-state index is -0.600. The molecule has 0 aliphatic carbocycles. The van der Waals surface area contributed by atoms with Gasteiger partial charge in [0.15, 0.2) is 0 Å². The number of nitrogens with zero attached hydrogens (tertiary/aromatic N) is 14. The Hall–Kier alpha value is -8.02. The fourth-order valence-corrected chi connectivity index (χ4v) is 8.69. The standard InChI is InChI=1S/C17H11FN4.C17H11N5O2.C12H8IN3.C11H15BN2O4.FH.K/c18-16-9-13(4-7-20-16)14-1-2-17(21-10-14)22-8-5-12-3-6-19-11-15(12)22;23-22(24)17-9-13(4-7-19-17)14-1-2-16(20-10-14)21-8-5-12-3-6-18-11-15(12)21;13-10-1-2-12(15-7-10)16-6-4-9-3-5-14-8-11(9)16;1-10(2)11(3,4)18-12(17-10)8-5-6-13-9(7-8)14(15)16;;/h1-11H;1-11H;1-8H;5-7H,1-4H3;1H;/q;;;;;+1/p-1/i18-1;;;;1-1;. The number of rotatable bonds is 8. The molecule has 0 radical (unpaired) electrons. The summed E-state index contributed by atoms with van der Waals surface area (Å²) >= 11 is 2.25. The SMILES string of the molecule is CC1(C)OB(c2ccnc([N+](=O)[O-])c2)OC1(C)C.Ic1ccc(-n2ccc3ccncc32)nc1.O=[N+]([O-])c1cc(-c2ccc(-n3ccc4ccncc43)nc2)ccn1.[18F-].[18F]c1cc(-c2ccc(-n3ccc4ccncc43)nc2)ccn1.[K+]. The van der Waals surface area contributed by atoms with Gasteiger partial charge in [0, 0.05) is 111 Å². The minimum Gasteiger partial charge on any atom is -1.00 e. The quantitative estimate of drug-likeness (QED) is 0.0615. The van der Waals surface area contributed by atoms with Gasteiger partial charge in [0.2, 0.25) is 5.95 Å². The first-order valence-electron chi connectivity index (χ1n) is 24.6. The maximum atomic E-state index is 13.2. The molecule has 0 bridgehead atoms. The van der Waals surface area contributed by atoms with Gasteiger partial charge >= 0.3 is 70.1 Å². The summed E-state index contributed by atoms with van der Waals surface area (Å²) in [6.45, 7) is 7.73. The first-order chi connectivity index (χ1) is 38.6. The molecule has 12 aromatic rings. The molecular formula is C57H45BF2IKN14O6. The van der Waals surface area contributed by atoms with E-state index in [9.17, 15) is 24.6 Å². The Morgan fingerprint density at radius 2 is 0.902 bits per heavy atom. The molecule has 82 heavy (non-hydrogen) atoms. The van der Waals surface area contributed by atoms with Crippen LogP contribution in [0.15, 0.2) is 202 Å². The fourth-order valence-electron chi connectivity index (χ4n) is 8.37. The van der Waals surface area contributed by atoms with Crippen molar-refractivity contribution >= 4 is 79.5 Å². The molecule has 404 valence electrons. The largest absolute Gasteiger partial charge is 1.00 e. The third-order valence-corrected chi connectivity index (χ3v) is 13.9. The third kappa shape index (κ3) is 13.7. The van der Waals surface area contributed by atoms with E-state index in [0.717, 1.165) is 65.0 Å². The van der Waals surface area contributed by atoms with Crippen LogP contribution in [0.1, 0.15) is 27.7 Å². The summed E-state index contributed by atoms with van der Waals surface area (Å²) in [4.78, 5) is 57.2. The van der Waals surface area contributed by atoms with E-state index in [1.165, 1.54) is 42.2 Å². The van der Waals surface area contributed by atoms with Crippen LogP contribution in [0.2, 0.25) is 0 Å². The molecule has 1 saturated heterocycles. The molecule has 0 aromatic carbocycles. The van der Waals surface area contributed by atoms with Crippen molar-refractivity contribution in [3.05, 3.63) is 232 Å². The van der Waals surface area contributed by atoms with Crippen LogP contribution in [0, 0.1) is 29.7 Å². The summed E-state index contributed by atoms with van der Waals surface area (Å²) in [5.74, 6) is 1.58. The van der Waals surface area contributed by atoms with E-state index < -0.39 is 34.1 Å². The number of hydrogen-bond acceptors (Lipinski definition) is 15. The van der Waals surface area contributed by atoms with E-state index in [4.69, 9.17) is 9.31 Å². The second-order valence-electron chi connectivity index (χ2n) is 18.8. The Labute approximate surface area is 523 Å². The van der Waals surface area contributed by atoms with Crippen molar-refractivity contribution < 1.29 is 79.6 Å². The maximum Gasteiger partial charge on any atom is 1.00 e. The topological polar surface area (TPSA) is 236 Å². The van der Waals surface area contributed by atoms with E-state index in [2.05, 4.69) is 73.5 Å². The smallest absolute Gasteiger partial charge is 1.00 e. The first-order valence-corrected chi connectivity index (χ1v) is 25.7. The van der Waals surface area contributed by atoms with Gasteiger partial charge in [-0.15, -0.1) is 0 Å². The van der Waals surface area contributed by atoms with E-state index >= 15 is 0 Å². The molecule has 1 aliphatic rings. The number of fused-ring (bicyclic) bond motifs is 3. The third-order valence-electron chi connectivity index (χ3n) is 13.2. The molecule has 25 heteroatoms. The molecule has 0 N–H and O–H groups in total. The molecule has 0 atom stereocenters. The molecule has 0 unspecified atom stereocenters. The summed E-state index contributed by atoms with van der Waals surface area (Å²) in [5.41, 5.74) is 5.83. The van der Waals surface area contributed by atoms with E-state index in [0.29, 0.717) is 11.0 Å². The van der Waals surface area contributed by atoms with E-state index in [1.54, 1.807) is 55.4 Å². The Morgan fingerprint density at radius 1 is 0.488 bits per heavy atom. The summed E-state index contributed by atoms with van der Waals surface area (Å²) in [6, 6.07) is 33.0. The summed E-state index contributed by atoms with van der Waals surface area (Å²) < 4.78 is 31.9. The van der Waals surface area contributed by atoms with Crippen LogP contribution in [0.3, 0.4) is 0 Å². The number of hydrogen-bond donors (Lipinski definition) is 0. The van der Waals surface area contributed by atoms with Crippen molar-refractivity contribution in [2.24, 2.45) is 0 Å². The number of pyridine rings is 9. The van der Waals surface area contributed by atoms with Crippen LogP contribution in [-0.2, 0) is 9.31 Å². The zero-order valence-electron chi connectivity index (χ0n) is 44.5. The van der Waals surface area contributed by atoms with Gasteiger partial charge in [-0.3, -0.25) is 28.7 Å². The summed E-state index contributed by atoms with van der Waals surface area (Å²) in [5, 5.41) is 24.9. The van der Waals surface area contributed by atoms with E-state index in [1.807, 2.05) is 145 Å². The molecule has 13 rings (SSSR count). The van der Waals surface area contributed by atoms with Crippen molar-refractivity contribution in [3.63, 3.8) is 0 Å². The van der Waals surface area contributed by atoms with Crippen LogP contribution in [-0.4, -0.2) is 86.7 Å². The van der Waals surface area contributed by atoms with Gasteiger partial charge in [0.1, 0.15) is 29.8 Å². The van der Waals surface area contributed by atoms with Gasteiger partial charge in [-0.2, -0.15) is 4.39 Å². The predicted octanol–water partition coefficient (Wildman–Crippen LogP) is 5.33. The van der Waals surface area contributed by atoms with Crippen LogP contribution in [0.5, 0.6) is 0 Å². The number of nitro groups is 2. The van der Waals surface area contributed by atoms with Crippen molar-refractivity contribution in [1.82, 2.24) is 58.6 Å². The molecule has 0 spiro atoms. The average Bonchev–Trinajstić information content (AvgIpc) is 4.49. The normalized spacial score (nSPS) is 12.8. The van der Waals surface area contributed by atoms with Crippen LogP contribution >= 0.6 is 22.6 Å². The Morgan fingerprint density at radius 3 is 1.32 bits per heavy atom. The number of aromatic nitrogens is 12. The van der Waals surface area contributed by atoms with Crippen molar-refractivity contribution in [1.29, 1.82) is 0 Å². The molecule has 20 nitrogen and oxygen atoms in total. The van der Waals surface area contributed by atoms with Gasteiger partial charge in [-0.1, -0.05) is 0 Å². The van der Waals surface area contributed by atoms with Gasteiger partial charge in [0.05, 0.1) is 46.3 Å². The monoisotopic (exact) mass is 1230 g/mol. The molecular weight excluding hydrogens is 1190 g/mol. The summed E-state index contributed by atoms with van der Waals surface area (Å²) in [7, 11) is -0.600. The van der Waals surface area contributed by atoms with Crippen molar-refractivity contribution in [2.75, 3.05) is 0 Å². The Balaban J connectivity index is 0.000000144. The van der Waals surface area contributed by atoms with Crippen LogP contribution in [0.25, 0.3) is 72.4 Å². The van der Waals surface area contributed by atoms with Crippen molar-refractivity contribution in [3.8, 4) is 39.7 Å². The van der Waals surface area contributed by atoms with Crippen LogP contribution in [0.4, 0.5) is 16.0 Å². The maximum absolute atomic E-state index is 13.2. The fraction of sp³-hybridized carbons (Fsp3) is 0.105. The molecule has 1 aliphatic heterocycles. The predicted molar refractivity (Wildman–Crippen MR) is 309 cm³/mol. The van der Waals surface area contributed by atoms with Crippen LogP contribution < -0.4 is 61.6 Å². The molecule has 13 heterocycles. The molecule has 12 aromatic heterocycles. The zero-order chi connectivity index (χ0) is 56.0. The Kier molecular flexibility index (Phi) is 19.2. The van der Waals surface area contributed by atoms with Gasteiger partial charge in [0.25, 0.3) is 0 Å². The van der Waals surface area contributed by atoms with E-state index in [-0.39, 0.29) is 67.7 Å². The molecule has 0 amide bonds.